The Morgan fingerprint density at radius 1 is 0.939 bits per heavy atom. The van der Waals surface area contributed by atoms with Crippen LogP contribution in [0.5, 0.6) is 0 Å². The summed E-state index contributed by atoms with van der Waals surface area (Å²) in [5.41, 5.74) is 0.928. The van der Waals surface area contributed by atoms with E-state index in [0.29, 0.717) is 5.92 Å². The van der Waals surface area contributed by atoms with Crippen molar-refractivity contribution in [3.63, 3.8) is 0 Å². The Balaban J connectivity index is 0.000000294. The lowest BCUT2D eigenvalue weighted by Crippen LogP contribution is -2.43. The molecule has 178 valence electrons. The molecule has 0 aliphatic carbocycles. The van der Waals surface area contributed by atoms with E-state index in [1.807, 2.05) is 30.1 Å². The van der Waals surface area contributed by atoms with Gasteiger partial charge in [0.1, 0.15) is 10.1 Å². The number of rotatable bonds is 10. The Kier molecular flexibility index (Phi) is 11.4. The molecule has 0 amide bonds. The maximum absolute atomic E-state index is 10.4. The minimum absolute atomic E-state index is 0.178. The Morgan fingerprint density at radius 2 is 1.55 bits per heavy atom. The van der Waals surface area contributed by atoms with Gasteiger partial charge in [0.2, 0.25) is 12.4 Å². The molecule has 0 fully saturated rings. The van der Waals surface area contributed by atoms with Gasteiger partial charge in [0.15, 0.2) is 6.61 Å². The van der Waals surface area contributed by atoms with Gasteiger partial charge in [0.05, 0.1) is 4.90 Å². The van der Waals surface area contributed by atoms with Gasteiger partial charge in [-0.25, -0.2) is 8.42 Å². The maximum Gasteiger partial charge on any atom is 0.223 e. The summed E-state index contributed by atoms with van der Waals surface area (Å²) in [6.07, 6.45) is 8.99. The van der Waals surface area contributed by atoms with Crippen molar-refractivity contribution in [2.75, 3.05) is 6.61 Å². The molecule has 0 saturated heterocycles. The van der Waals surface area contributed by atoms with Crippen molar-refractivity contribution in [3.05, 3.63) is 84.7 Å². The number of aryl methyl sites for hydroxylation is 1. The van der Waals surface area contributed by atoms with E-state index < -0.39 is 10.1 Å². The molecule has 2 aromatic carbocycles. The molecule has 1 unspecified atom stereocenters. The molecule has 3 aromatic rings. The molecule has 0 aliphatic rings. The van der Waals surface area contributed by atoms with Gasteiger partial charge in [0, 0.05) is 26.7 Å². The molecule has 0 spiro atoms. The highest BCUT2D eigenvalue weighted by atomic mass is 32.2. The van der Waals surface area contributed by atoms with Crippen molar-refractivity contribution < 1.29 is 22.5 Å². The second-order valence-corrected chi connectivity index (χ2v) is 10.3. The topological polar surface area (TPSA) is 70.3 Å². The predicted molar refractivity (Wildman–Crippen MR) is 131 cm³/mol. The van der Waals surface area contributed by atoms with Crippen LogP contribution in [0.25, 0.3) is 0 Å². The first-order valence-corrected chi connectivity index (χ1v) is 13.4. The van der Waals surface area contributed by atoms with Gasteiger partial charge in [-0.3, -0.25) is 4.84 Å². The Bertz CT molecular complexity index is 1040. The van der Waals surface area contributed by atoms with Crippen molar-refractivity contribution in [3.8, 4) is 0 Å². The van der Waals surface area contributed by atoms with Crippen molar-refractivity contribution in [2.45, 2.75) is 61.1 Å². The number of pyridine rings is 1. The van der Waals surface area contributed by atoms with E-state index in [-0.39, 0.29) is 4.90 Å². The normalized spacial score (nSPS) is 11.9. The molecule has 33 heavy (non-hydrogen) atoms. The van der Waals surface area contributed by atoms with E-state index >= 15 is 0 Å². The number of hydrogen-bond acceptors (Lipinski definition) is 5. The van der Waals surface area contributed by atoms with Crippen molar-refractivity contribution in [1.29, 1.82) is 0 Å². The lowest BCUT2D eigenvalue weighted by molar-refractivity contribution is -0.892. The molecular formula is C26H33NO4S2. The molecule has 0 N–H and O–H groups in total. The largest absolute Gasteiger partial charge is 0.744 e. The van der Waals surface area contributed by atoms with Crippen LogP contribution in [0.1, 0.15) is 45.1 Å². The summed E-state index contributed by atoms with van der Waals surface area (Å²) in [7, 11) is -4.27. The first-order valence-electron chi connectivity index (χ1n) is 11.2. The Labute approximate surface area is 202 Å². The monoisotopic (exact) mass is 487 g/mol. The molecule has 3 rings (SSSR count). The molecule has 1 aromatic heterocycles. The van der Waals surface area contributed by atoms with Crippen LogP contribution >= 0.6 is 11.8 Å². The fraction of sp³-hybridized carbons (Fsp3) is 0.346. The highest BCUT2D eigenvalue weighted by Gasteiger charge is 2.10. The van der Waals surface area contributed by atoms with Crippen LogP contribution in [0.15, 0.2) is 93.8 Å². The van der Waals surface area contributed by atoms with Crippen molar-refractivity contribution in [1.82, 2.24) is 0 Å². The second-order valence-electron chi connectivity index (χ2n) is 7.79. The molecule has 7 heteroatoms. The van der Waals surface area contributed by atoms with Crippen LogP contribution in [0.3, 0.4) is 0 Å². The molecule has 0 aliphatic heterocycles. The second kappa shape index (κ2) is 14.0. The molecule has 0 bridgehead atoms. The zero-order chi connectivity index (χ0) is 24.1. The third-order valence-electron chi connectivity index (χ3n) is 5.06. The highest BCUT2D eigenvalue weighted by molar-refractivity contribution is 7.99. The number of benzene rings is 2. The van der Waals surface area contributed by atoms with Crippen molar-refractivity contribution in [2.24, 2.45) is 5.92 Å². The fourth-order valence-corrected chi connectivity index (χ4v) is 4.26. The third kappa shape index (κ3) is 10.4. The summed E-state index contributed by atoms with van der Waals surface area (Å²) < 4.78 is 33.0. The average molecular weight is 488 g/mol. The molecule has 5 nitrogen and oxygen atoms in total. The lowest BCUT2D eigenvalue weighted by Gasteiger charge is -2.11. The fourth-order valence-electron chi connectivity index (χ4n) is 2.97. The Hall–Kier alpha value is -2.35. The van der Waals surface area contributed by atoms with Gasteiger partial charge in [-0.15, -0.1) is 0 Å². The molecular weight excluding hydrogens is 454 g/mol. The van der Waals surface area contributed by atoms with E-state index in [1.165, 1.54) is 47.6 Å². The third-order valence-corrected chi connectivity index (χ3v) is 6.93. The highest BCUT2D eigenvalue weighted by Crippen LogP contribution is 2.25. The van der Waals surface area contributed by atoms with Crippen LogP contribution in [0.4, 0.5) is 0 Å². The van der Waals surface area contributed by atoms with Gasteiger partial charge < -0.3 is 4.55 Å². The van der Waals surface area contributed by atoms with Gasteiger partial charge in [-0.2, -0.15) is 0 Å². The summed E-state index contributed by atoms with van der Waals surface area (Å²) in [6.45, 7) is 7.10. The summed E-state index contributed by atoms with van der Waals surface area (Å²) in [5, 5.41) is 0. The van der Waals surface area contributed by atoms with Crippen LogP contribution in [0, 0.1) is 12.8 Å². The molecule has 1 heterocycles. The van der Waals surface area contributed by atoms with E-state index in [4.69, 9.17) is 4.84 Å². The van der Waals surface area contributed by atoms with Crippen LogP contribution in [-0.4, -0.2) is 19.6 Å². The van der Waals surface area contributed by atoms with E-state index in [0.717, 1.165) is 12.2 Å². The summed E-state index contributed by atoms with van der Waals surface area (Å²) >= 11 is 1.77. The minimum atomic E-state index is -4.27. The van der Waals surface area contributed by atoms with E-state index in [2.05, 4.69) is 50.2 Å². The standard InChI is InChI=1S/C19H26NOS.C7H8O3S/c1-3-5-9-17(4-2)16-21-20-14-12-19(13-15-20)22-18-10-7-6-8-11-18;1-6-2-4-7(5-3-6)11(8,9)10/h6-8,10-15,17H,3-5,9,16H2,1-2H3;2-5H,1H3,(H,8,9,10)/q+1;/p-1. The maximum atomic E-state index is 10.4. The molecule has 0 radical (unpaired) electrons. The SMILES string of the molecule is CCCCC(CC)CO[n+]1ccc(Sc2ccccc2)cc1.Cc1ccc(S(=O)(=O)[O-])cc1. The van der Waals surface area contributed by atoms with Crippen molar-refractivity contribution >= 4 is 21.9 Å². The number of unbranched alkanes of at least 4 members (excludes halogenated alkanes) is 1. The minimum Gasteiger partial charge on any atom is -0.744 e. The van der Waals surface area contributed by atoms with Gasteiger partial charge >= 0.3 is 0 Å². The lowest BCUT2D eigenvalue weighted by atomic mass is 10.0. The molecule has 0 saturated carbocycles. The van der Waals surface area contributed by atoms with Crippen LogP contribution < -0.4 is 9.57 Å². The first-order chi connectivity index (χ1) is 15.8. The summed E-state index contributed by atoms with van der Waals surface area (Å²) in [4.78, 5) is 8.17. The quantitative estimate of drug-likeness (QED) is 0.272. The van der Waals surface area contributed by atoms with Gasteiger partial charge in [0.25, 0.3) is 0 Å². The molecule has 1 atom stereocenters. The summed E-state index contributed by atoms with van der Waals surface area (Å²) in [5.74, 6) is 0.658. The van der Waals surface area contributed by atoms with Gasteiger partial charge in [-0.1, -0.05) is 74.3 Å². The van der Waals surface area contributed by atoms with Gasteiger partial charge in [-0.05, 0) is 49.9 Å². The zero-order valence-electron chi connectivity index (χ0n) is 19.5. The number of nitrogens with zero attached hydrogens (tertiary/aromatic N) is 1. The first kappa shape index (κ1) is 26.9. The average Bonchev–Trinajstić information content (AvgIpc) is 2.81. The van der Waals surface area contributed by atoms with E-state index in [1.54, 1.807) is 23.9 Å². The number of aromatic nitrogens is 1. The smallest absolute Gasteiger partial charge is 0.223 e. The van der Waals surface area contributed by atoms with Crippen LogP contribution in [0.2, 0.25) is 0 Å². The summed E-state index contributed by atoms with van der Waals surface area (Å²) in [6, 6.07) is 20.4. The Morgan fingerprint density at radius 3 is 2.09 bits per heavy atom. The van der Waals surface area contributed by atoms with E-state index in [9.17, 15) is 13.0 Å². The zero-order valence-corrected chi connectivity index (χ0v) is 21.1. The predicted octanol–water partition coefficient (Wildman–Crippen LogP) is 5.67. The van der Waals surface area contributed by atoms with Crippen LogP contribution in [-0.2, 0) is 10.1 Å². The number of hydrogen-bond donors (Lipinski definition) is 0.